The fourth-order valence-corrected chi connectivity index (χ4v) is 3.02. The molecule has 3 N–H and O–H groups in total. The summed E-state index contributed by atoms with van der Waals surface area (Å²) in [5, 5.41) is 6.62. The first kappa shape index (κ1) is 23.7. The quantitative estimate of drug-likeness (QED) is 0.193. The van der Waals surface area contributed by atoms with Gasteiger partial charge in [-0.3, -0.25) is 9.79 Å². The maximum absolute atomic E-state index is 11.9. The highest BCUT2D eigenvalue weighted by Gasteiger charge is 2.07. The van der Waals surface area contributed by atoms with E-state index >= 15 is 0 Å². The smallest absolute Gasteiger partial charge is 0.253 e. The topological polar surface area (TPSA) is 85.4 Å². The van der Waals surface area contributed by atoms with Crippen LogP contribution in [0, 0.1) is 0 Å². The maximum Gasteiger partial charge on any atom is 0.253 e. The lowest BCUT2D eigenvalue weighted by Crippen LogP contribution is -2.37. The van der Waals surface area contributed by atoms with E-state index in [-0.39, 0.29) is 29.9 Å². The van der Waals surface area contributed by atoms with Gasteiger partial charge in [-0.25, -0.2) is 4.98 Å². The molecule has 7 nitrogen and oxygen atoms in total. The molecule has 3 aromatic rings. The number of benzene rings is 2. The van der Waals surface area contributed by atoms with Gasteiger partial charge in [0.05, 0.1) is 11.0 Å². The zero-order chi connectivity index (χ0) is 20.6. The molecule has 2 aromatic carbocycles. The molecule has 0 fully saturated rings. The molecule has 8 heteroatoms. The zero-order valence-corrected chi connectivity index (χ0v) is 19.9. The summed E-state index contributed by atoms with van der Waals surface area (Å²) in [6, 6.07) is 15.7. The fourth-order valence-electron chi connectivity index (χ4n) is 3.02. The summed E-state index contributed by atoms with van der Waals surface area (Å²) in [5.41, 5.74) is 3.86. The maximum atomic E-state index is 11.9. The number of rotatable bonds is 7. The molecule has 1 heterocycles. The van der Waals surface area contributed by atoms with Crippen molar-refractivity contribution in [2.24, 2.45) is 4.99 Å². The first-order valence-corrected chi connectivity index (χ1v) is 9.75. The third-order valence-electron chi connectivity index (χ3n) is 4.61. The summed E-state index contributed by atoms with van der Waals surface area (Å²) in [6.45, 7) is 1.44. The number of hydrogen-bond donors (Lipinski definition) is 3. The van der Waals surface area contributed by atoms with Crippen LogP contribution in [0.2, 0.25) is 0 Å². The highest BCUT2D eigenvalue weighted by molar-refractivity contribution is 14.0. The zero-order valence-electron chi connectivity index (χ0n) is 17.6. The molecule has 0 radical (unpaired) electrons. The van der Waals surface area contributed by atoms with Crippen LogP contribution in [0.1, 0.15) is 28.2 Å². The van der Waals surface area contributed by atoms with Crippen molar-refractivity contribution < 1.29 is 4.79 Å². The van der Waals surface area contributed by atoms with Crippen molar-refractivity contribution in [3.8, 4) is 0 Å². The number of fused-ring (bicyclic) bond motifs is 1. The molecule has 0 spiro atoms. The predicted octanol–water partition coefficient (Wildman–Crippen LogP) is 3.18. The average Bonchev–Trinajstić information content (AvgIpc) is 3.16. The molecule has 1 amide bonds. The van der Waals surface area contributed by atoms with Crippen LogP contribution in [0.3, 0.4) is 0 Å². The number of nitrogens with zero attached hydrogens (tertiary/aromatic N) is 3. The van der Waals surface area contributed by atoms with Crippen LogP contribution in [-0.2, 0) is 13.0 Å². The number of aromatic nitrogens is 2. The van der Waals surface area contributed by atoms with Crippen LogP contribution >= 0.6 is 24.0 Å². The Labute approximate surface area is 194 Å². The second-order valence-corrected chi connectivity index (χ2v) is 7.05. The van der Waals surface area contributed by atoms with Gasteiger partial charge in [0.1, 0.15) is 5.82 Å². The van der Waals surface area contributed by atoms with E-state index in [9.17, 15) is 4.79 Å². The minimum absolute atomic E-state index is 0. The van der Waals surface area contributed by atoms with E-state index in [4.69, 9.17) is 0 Å². The molecule has 0 atom stereocenters. The van der Waals surface area contributed by atoms with Crippen molar-refractivity contribution in [2.75, 3.05) is 27.7 Å². The van der Waals surface area contributed by atoms with Crippen molar-refractivity contribution in [3.05, 3.63) is 65.5 Å². The lowest BCUT2D eigenvalue weighted by Gasteiger charge is -2.13. The summed E-state index contributed by atoms with van der Waals surface area (Å²) < 4.78 is 0. The molecule has 0 aliphatic heterocycles. The molecule has 30 heavy (non-hydrogen) atoms. The highest BCUT2D eigenvalue weighted by atomic mass is 127. The van der Waals surface area contributed by atoms with Gasteiger partial charge in [0.25, 0.3) is 5.91 Å². The van der Waals surface area contributed by atoms with Gasteiger partial charge in [0.15, 0.2) is 5.96 Å². The van der Waals surface area contributed by atoms with Gasteiger partial charge in [-0.15, -0.1) is 24.0 Å². The number of carbonyl (C=O) groups is 1. The third-order valence-corrected chi connectivity index (χ3v) is 4.61. The molecule has 0 bridgehead atoms. The first-order chi connectivity index (χ1) is 14.1. The standard InChI is InChI=1S/C22H28N6O.HI/c1-23-22(25-15-16-10-12-17(13-11-16)21(29)28(2)3)24-14-6-9-20-26-18-7-4-5-8-19(18)27-20;/h4-5,7-8,10-13H,6,9,14-15H2,1-3H3,(H,26,27)(H2,23,24,25);1H. The van der Waals surface area contributed by atoms with Crippen LogP contribution in [0.5, 0.6) is 0 Å². The predicted molar refractivity (Wildman–Crippen MR) is 132 cm³/mol. The first-order valence-electron chi connectivity index (χ1n) is 9.75. The second-order valence-electron chi connectivity index (χ2n) is 7.05. The lowest BCUT2D eigenvalue weighted by atomic mass is 10.1. The summed E-state index contributed by atoms with van der Waals surface area (Å²) in [6.07, 6.45) is 1.82. The number of amides is 1. The number of guanidine groups is 1. The van der Waals surface area contributed by atoms with Crippen LogP contribution < -0.4 is 10.6 Å². The van der Waals surface area contributed by atoms with Gasteiger partial charge in [0.2, 0.25) is 0 Å². The summed E-state index contributed by atoms with van der Waals surface area (Å²) >= 11 is 0. The van der Waals surface area contributed by atoms with E-state index in [1.54, 1.807) is 26.0 Å². The number of H-pyrrole nitrogens is 1. The molecular weight excluding hydrogens is 491 g/mol. The SMILES string of the molecule is CN=C(NCCCc1nc2ccccc2[nH]1)NCc1ccc(C(=O)N(C)C)cc1.I. The van der Waals surface area contributed by atoms with Gasteiger partial charge in [0, 0.05) is 46.2 Å². The molecule has 0 unspecified atom stereocenters. The van der Waals surface area contributed by atoms with Gasteiger partial charge in [-0.1, -0.05) is 24.3 Å². The summed E-state index contributed by atoms with van der Waals surface area (Å²) in [5.74, 6) is 1.76. The van der Waals surface area contributed by atoms with E-state index in [0.29, 0.717) is 12.1 Å². The van der Waals surface area contributed by atoms with Crippen molar-refractivity contribution in [1.82, 2.24) is 25.5 Å². The Hall–Kier alpha value is -2.62. The van der Waals surface area contributed by atoms with E-state index in [1.807, 2.05) is 48.5 Å². The average molecular weight is 520 g/mol. The van der Waals surface area contributed by atoms with Gasteiger partial charge >= 0.3 is 0 Å². The summed E-state index contributed by atoms with van der Waals surface area (Å²) in [7, 11) is 5.26. The number of aliphatic imine (C=N–C) groups is 1. The normalized spacial score (nSPS) is 11.1. The summed E-state index contributed by atoms with van der Waals surface area (Å²) in [4.78, 5) is 25.7. The molecule has 160 valence electrons. The van der Waals surface area contributed by atoms with Gasteiger partial charge in [-0.05, 0) is 36.2 Å². The number of aryl methyl sites for hydroxylation is 1. The van der Waals surface area contributed by atoms with Crippen LogP contribution in [0.4, 0.5) is 0 Å². The van der Waals surface area contributed by atoms with Gasteiger partial charge < -0.3 is 20.5 Å². The number of hydrogen-bond acceptors (Lipinski definition) is 3. The van der Waals surface area contributed by atoms with Crippen molar-refractivity contribution in [1.29, 1.82) is 0 Å². The Balaban J connectivity index is 0.00000320. The molecule has 0 aliphatic carbocycles. The molecule has 3 rings (SSSR count). The number of para-hydroxylation sites is 2. The van der Waals surface area contributed by atoms with Crippen LogP contribution in [0.25, 0.3) is 11.0 Å². The largest absolute Gasteiger partial charge is 0.356 e. The highest BCUT2D eigenvalue weighted by Crippen LogP contribution is 2.11. The Morgan fingerprint density at radius 1 is 1.10 bits per heavy atom. The minimum atomic E-state index is 0. The number of halogens is 1. The fraction of sp³-hybridized carbons (Fsp3) is 0.318. The molecular formula is C22H29IN6O. The third kappa shape index (κ3) is 6.45. The Kier molecular flexibility index (Phi) is 9.10. The Bertz CT molecular complexity index is 948. The second kappa shape index (κ2) is 11.5. The number of nitrogens with one attached hydrogen (secondary N) is 3. The van der Waals surface area contributed by atoms with E-state index < -0.39 is 0 Å². The lowest BCUT2D eigenvalue weighted by molar-refractivity contribution is 0.0827. The van der Waals surface area contributed by atoms with Crippen LogP contribution in [0.15, 0.2) is 53.5 Å². The molecule has 0 saturated carbocycles. The van der Waals surface area contributed by atoms with Gasteiger partial charge in [-0.2, -0.15) is 0 Å². The molecule has 0 aliphatic rings. The Morgan fingerprint density at radius 3 is 2.50 bits per heavy atom. The van der Waals surface area contributed by atoms with Crippen molar-refractivity contribution >= 4 is 46.9 Å². The monoisotopic (exact) mass is 520 g/mol. The molecule has 0 saturated heterocycles. The minimum Gasteiger partial charge on any atom is -0.356 e. The molecule has 1 aromatic heterocycles. The Morgan fingerprint density at radius 2 is 1.83 bits per heavy atom. The van der Waals surface area contributed by atoms with E-state index in [2.05, 4.69) is 25.6 Å². The van der Waals surface area contributed by atoms with Crippen molar-refractivity contribution in [2.45, 2.75) is 19.4 Å². The van der Waals surface area contributed by atoms with Crippen molar-refractivity contribution in [3.63, 3.8) is 0 Å². The number of carbonyl (C=O) groups excluding carboxylic acids is 1. The number of aromatic amines is 1. The number of imidazole rings is 1. The van der Waals surface area contributed by atoms with E-state index in [0.717, 1.165) is 47.8 Å². The van der Waals surface area contributed by atoms with E-state index in [1.165, 1.54) is 0 Å². The van der Waals surface area contributed by atoms with Crippen LogP contribution in [-0.4, -0.2) is 54.4 Å².